The number of benzene rings is 1. The van der Waals surface area contributed by atoms with Crippen molar-refractivity contribution < 1.29 is 18.0 Å². The van der Waals surface area contributed by atoms with Gasteiger partial charge in [-0.1, -0.05) is 31.0 Å². The van der Waals surface area contributed by atoms with Crippen LogP contribution in [0.5, 0.6) is 0 Å². The molecule has 22 heavy (non-hydrogen) atoms. The van der Waals surface area contributed by atoms with Crippen molar-refractivity contribution in [1.82, 2.24) is 5.32 Å². The SMILES string of the molecule is CCN1C(=O)N[C@](CCC2CC2)(C(F)(F)F)c2ccccc21. The fourth-order valence-corrected chi connectivity index (χ4v) is 3.20. The predicted octanol–water partition coefficient (Wildman–Crippen LogP) is 4.18. The number of para-hydroxylation sites is 1. The molecule has 1 heterocycles. The van der Waals surface area contributed by atoms with Crippen molar-refractivity contribution in [2.24, 2.45) is 5.92 Å². The van der Waals surface area contributed by atoms with E-state index in [2.05, 4.69) is 5.32 Å². The van der Waals surface area contributed by atoms with E-state index in [9.17, 15) is 18.0 Å². The molecule has 3 rings (SSSR count). The first-order valence-electron chi connectivity index (χ1n) is 7.65. The molecule has 0 bridgehead atoms. The molecule has 0 aromatic heterocycles. The van der Waals surface area contributed by atoms with Crippen molar-refractivity contribution >= 4 is 11.7 Å². The first-order valence-corrected chi connectivity index (χ1v) is 7.65. The van der Waals surface area contributed by atoms with E-state index in [1.54, 1.807) is 25.1 Å². The molecule has 0 radical (unpaired) electrons. The Labute approximate surface area is 127 Å². The number of rotatable bonds is 4. The van der Waals surface area contributed by atoms with Gasteiger partial charge in [-0.15, -0.1) is 0 Å². The number of urea groups is 1. The first-order chi connectivity index (χ1) is 10.4. The summed E-state index contributed by atoms with van der Waals surface area (Å²) >= 11 is 0. The molecule has 1 saturated carbocycles. The number of amides is 2. The number of anilines is 1. The minimum Gasteiger partial charge on any atom is -0.319 e. The van der Waals surface area contributed by atoms with Crippen LogP contribution in [0, 0.1) is 5.92 Å². The number of hydrogen-bond acceptors (Lipinski definition) is 1. The second-order valence-electron chi connectivity index (χ2n) is 6.08. The van der Waals surface area contributed by atoms with Crippen LogP contribution in [0.2, 0.25) is 0 Å². The van der Waals surface area contributed by atoms with Gasteiger partial charge in [0.05, 0.1) is 5.69 Å². The molecule has 0 saturated heterocycles. The lowest BCUT2D eigenvalue weighted by atomic mass is 9.81. The van der Waals surface area contributed by atoms with Crippen LogP contribution in [-0.2, 0) is 5.54 Å². The van der Waals surface area contributed by atoms with Gasteiger partial charge in [0.2, 0.25) is 0 Å². The zero-order valence-corrected chi connectivity index (χ0v) is 12.4. The van der Waals surface area contributed by atoms with Crippen molar-refractivity contribution in [3.63, 3.8) is 0 Å². The monoisotopic (exact) mass is 312 g/mol. The van der Waals surface area contributed by atoms with Gasteiger partial charge in [-0.25, -0.2) is 4.79 Å². The van der Waals surface area contributed by atoms with Gasteiger partial charge in [-0.3, -0.25) is 4.90 Å². The van der Waals surface area contributed by atoms with Crippen LogP contribution < -0.4 is 10.2 Å². The molecular weight excluding hydrogens is 293 g/mol. The summed E-state index contributed by atoms with van der Waals surface area (Å²) in [7, 11) is 0. The molecule has 1 aromatic rings. The largest absolute Gasteiger partial charge is 0.415 e. The van der Waals surface area contributed by atoms with Crippen molar-refractivity contribution in [1.29, 1.82) is 0 Å². The van der Waals surface area contributed by atoms with E-state index in [4.69, 9.17) is 0 Å². The van der Waals surface area contributed by atoms with Crippen LogP contribution in [0.1, 0.15) is 38.2 Å². The number of carbonyl (C=O) groups excluding carboxylic acids is 1. The maximum absolute atomic E-state index is 13.9. The van der Waals surface area contributed by atoms with E-state index >= 15 is 0 Å². The summed E-state index contributed by atoms with van der Waals surface area (Å²) in [5.74, 6) is 0.368. The molecule has 1 fully saturated rings. The molecule has 1 aromatic carbocycles. The van der Waals surface area contributed by atoms with Gasteiger partial charge in [-0.2, -0.15) is 13.2 Å². The Hall–Kier alpha value is -1.72. The number of nitrogens with one attached hydrogen (secondary N) is 1. The standard InChI is InChI=1S/C16H19F3N2O/c1-2-21-13-6-4-3-5-12(13)15(16(17,18)19,20-14(21)22)10-9-11-7-8-11/h3-6,11H,2,7-10H2,1H3,(H,20,22)/t15-/m0/s1. The van der Waals surface area contributed by atoms with Crippen LogP contribution in [0.3, 0.4) is 0 Å². The summed E-state index contributed by atoms with van der Waals surface area (Å²) in [5, 5.41) is 2.27. The van der Waals surface area contributed by atoms with E-state index < -0.39 is 17.7 Å². The van der Waals surface area contributed by atoms with Crippen LogP contribution >= 0.6 is 0 Å². The van der Waals surface area contributed by atoms with E-state index in [1.165, 1.54) is 11.0 Å². The van der Waals surface area contributed by atoms with E-state index in [1.807, 2.05) is 0 Å². The number of hydrogen-bond donors (Lipinski definition) is 1. The lowest BCUT2D eigenvalue weighted by Gasteiger charge is -2.44. The van der Waals surface area contributed by atoms with Crippen molar-refractivity contribution in [3.8, 4) is 0 Å². The lowest BCUT2D eigenvalue weighted by Crippen LogP contribution is -2.63. The molecule has 6 heteroatoms. The fourth-order valence-electron chi connectivity index (χ4n) is 3.20. The van der Waals surface area contributed by atoms with Gasteiger partial charge in [0.1, 0.15) is 0 Å². The average molecular weight is 312 g/mol. The predicted molar refractivity (Wildman–Crippen MR) is 77.7 cm³/mol. The molecule has 1 aliphatic heterocycles. The zero-order valence-electron chi connectivity index (χ0n) is 12.4. The number of alkyl halides is 3. The second kappa shape index (κ2) is 5.18. The van der Waals surface area contributed by atoms with E-state index in [0.29, 0.717) is 24.6 Å². The lowest BCUT2D eigenvalue weighted by molar-refractivity contribution is -0.200. The van der Waals surface area contributed by atoms with Gasteiger partial charge < -0.3 is 5.32 Å². The Morgan fingerprint density at radius 1 is 1.32 bits per heavy atom. The van der Waals surface area contributed by atoms with Gasteiger partial charge >= 0.3 is 12.2 Å². The van der Waals surface area contributed by atoms with Gasteiger partial charge in [0.25, 0.3) is 0 Å². The maximum Gasteiger partial charge on any atom is 0.415 e. The highest BCUT2D eigenvalue weighted by molar-refractivity contribution is 5.96. The highest BCUT2D eigenvalue weighted by atomic mass is 19.4. The number of halogens is 3. The number of nitrogens with zero attached hydrogens (tertiary/aromatic N) is 1. The van der Waals surface area contributed by atoms with Crippen LogP contribution in [0.4, 0.5) is 23.7 Å². The third kappa shape index (κ3) is 2.34. The topological polar surface area (TPSA) is 32.3 Å². The minimum absolute atomic E-state index is 0.0958. The zero-order chi connectivity index (χ0) is 16.0. The molecule has 2 amide bonds. The Morgan fingerprint density at radius 3 is 2.59 bits per heavy atom. The highest BCUT2D eigenvalue weighted by Gasteiger charge is 2.60. The Morgan fingerprint density at radius 2 is 2.00 bits per heavy atom. The van der Waals surface area contributed by atoms with Crippen molar-refractivity contribution in [2.75, 3.05) is 11.4 Å². The van der Waals surface area contributed by atoms with Gasteiger partial charge in [-0.05, 0) is 31.7 Å². The Kier molecular flexibility index (Phi) is 3.57. The fraction of sp³-hybridized carbons (Fsp3) is 0.562. The summed E-state index contributed by atoms with van der Waals surface area (Å²) in [6.45, 7) is 2.08. The summed E-state index contributed by atoms with van der Waals surface area (Å²) < 4.78 is 41.8. The molecule has 0 unspecified atom stereocenters. The Balaban J connectivity index is 2.09. The maximum atomic E-state index is 13.9. The highest BCUT2D eigenvalue weighted by Crippen LogP contribution is 2.50. The normalized spacial score (nSPS) is 24.9. The molecule has 120 valence electrons. The Bertz CT molecular complexity index is 583. The molecular formula is C16H19F3N2O. The molecule has 3 nitrogen and oxygen atoms in total. The van der Waals surface area contributed by atoms with Crippen molar-refractivity contribution in [3.05, 3.63) is 29.8 Å². The summed E-state index contributed by atoms with van der Waals surface area (Å²) in [5.41, 5.74) is -1.75. The third-order valence-corrected chi connectivity index (χ3v) is 4.64. The molecule has 0 spiro atoms. The van der Waals surface area contributed by atoms with E-state index in [-0.39, 0.29) is 12.0 Å². The smallest absolute Gasteiger partial charge is 0.319 e. The molecule has 1 aliphatic carbocycles. The number of fused-ring (bicyclic) bond motifs is 1. The van der Waals surface area contributed by atoms with Gasteiger partial charge in [0.15, 0.2) is 5.54 Å². The van der Waals surface area contributed by atoms with Crippen LogP contribution in [-0.4, -0.2) is 18.8 Å². The summed E-state index contributed by atoms with van der Waals surface area (Å²) in [4.78, 5) is 13.6. The number of carbonyl (C=O) groups is 1. The average Bonchev–Trinajstić information content (AvgIpc) is 3.28. The third-order valence-electron chi connectivity index (χ3n) is 4.64. The molecule has 1 atom stereocenters. The molecule has 1 N–H and O–H groups in total. The van der Waals surface area contributed by atoms with Crippen LogP contribution in [0.25, 0.3) is 0 Å². The summed E-state index contributed by atoms with van der Waals surface area (Å²) in [6.07, 6.45) is -2.15. The van der Waals surface area contributed by atoms with Crippen LogP contribution in [0.15, 0.2) is 24.3 Å². The van der Waals surface area contributed by atoms with Gasteiger partial charge in [0, 0.05) is 12.1 Å². The quantitative estimate of drug-likeness (QED) is 0.888. The minimum atomic E-state index is -4.52. The van der Waals surface area contributed by atoms with E-state index in [0.717, 1.165) is 12.8 Å². The first kappa shape index (κ1) is 15.2. The molecule has 2 aliphatic rings. The second-order valence-corrected chi connectivity index (χ2v) is 6.08. The summed E-state index contributed by atoms with van der Waals surface area (Å²) in [6, 6.07) is 5.67. The van der Waals surface area contributed by atoms with Crippen molar-refractivity contribution in [2.45, 2.75) is 44.3 Å².